The lowest BCUT2D eigenvalue weighted by Gasteiger charge is -2.11. The monoisotopic (exact) mass is 256 g/mol. The van der Waals surface area contributed by atoms with Gasteiger partial charge < -0.3 is 10.1 Å². The molecule has 0 bridgehead atoms. The van der Waals surface area contributed by atoms with E-state index in [1.54, 1.807) is 6.20 Å². The minimum absolute atomic E-state index is 0.132. The van der Waals surface area contributed by atoms with Gasteiger partial charge in [-0.05, 0) is 24.3 Å². The van der Waals surface area contributed by atoms with Crippen molar-refractivity contribution >= 4 is 16.7 Å². The molecule has 1 atom stereocenters. The van der Waals surface area contributed by atoms with Gasteiger partial charge in [-0.25, -0.2) is 0 Å². The van der Waals surface area contributed by atoms with E-state index < -0.39 is 0 Å². The zero-order chi connectivity index (χ0) is 13.1. The molecular formula is C15H16N2O2. The fourth-order valence-corrected chi connectivity index (χ4v) is 2.40. The second-order valence-corrected chi connectivity index (χ2v) is 4.73. The number of pyridine rings is 1. The van der Waals surface area contributed by atoms with Crippen molar-refractivity contribution in [1.82, 2.24) is 10.3 Å². The van der Waals surface area contributed by atoms with Crippen LogP contribution in [0.2, 0.25) is 0 Å². The van der Waals surface area contributed by atoms with Gasteiger partial charge in [0.15, 0.2) is 0 Å². The first-order chi connectivity index (χ1) is 9.34. The number of carbonyl (C=O) groups is 1. The predicted molar refractivity (Wildman–Crippen MR) is 73.1 cm³/mol. The molecule has 0 aliphatic carbocycles. The first-order valence-corrected chi connectivity index (χ1v) is 6.58. The lowest BCUT2D eigenvalue weighted by Crippen LogP contribution is -2.32. The van der Waals surface area contributed by atoms with Crippen LogP contribution in [0, 0.1) is 0 Å². The molecule has 1 aromatic heterocycles. The van der Waals surface area contributed by atoms with E-state index in [2.05, 4.69) is 10.3 Å². The van der Waals surface area contributed by atoms with Gasteiger partial charge in [0, 0.05) is 24.7 Å². The van der Waals surface area contributed by atoms with Gasteiger partial charge >= 0.3 is 0 Å². The summed E-state index contributed by atoms with van der Waals surface area (Å²) in [5.41, 5.74) is 0.482. The smallest absolute Gasteiger partial charge is 0.270 e. The molecule has 2 heterocycles. The normalized spacial score (nSPS) is 18.6. The number of carbonyl (C=O) groups excluding carboxylic acids is 1. The molecule has 4 heteroatoms. The Morgan fingerprint density at radius 3 is 3.11 bits per heavy atom. The molecule has 98 valence electrons. The number of nitrogens with one attached hydrogen (secondary N) is 1. The number of amides is 1. The topological polar surface area (TPSA) is 51.2 Å². The van der Waals surface area contributed by atoms with Crippen LogP contribution in [-0.2, 0) is 4.74 Å². The van der Waals surface area contributed by atoms with Gasteiger partial charge in [0.05, 0.1) is 6.10 Å². The zero-order valence-electron chi connectivity index (χ0n) is 10.6. The summed E-state index contributed by atoms with van der Waals surface area (Å²) >= 11 is 0. The van der Waals surface area contributed by atoms with Crippen molar-refractivity contribution in [3.8, 4) is 0 Å². The molecule has 1 amide bonds. The molecule has 1 fully saturated rings. The average Bonchev–Trinajstić information content (AvgIpc) is 2.97. The van der Waals surface area contributed by atoms with Gasteiger partial charge in [-0.3, -0.25) is 9.78 Å². The first kappa shape index (κ1) is 12.1. The molecule has 0 saturated carbocycles. The van der Waals surface area contributed by atoms with E-state index in [9.17, 15) is 4.79 Å². The number of ether oxygens (including phenoxy) is 1. The van der Waals surface area contributed by atoms with E-state index in [-0.39, 0.29) is 12.0 Å². The summed E-state index contributed by atoms with van der Waals surface area (Å²) in [6, 6.07) is 9.68. The Morgan fingerprint density at radius 2 is 2.26 bits per heavy atom. The lowest BCUT2D eigenvalue weighted by atomic mass is 10.1. The van der Waals surface area contributed by atoms with Crippen molar-refractivity contribution in [2.45, 2.75) is 18.9 Å². The van der Waals surface area contributed by atoms with E-state index in [0.717, 1.165) is 30.2 Å². The number of nitrogens with zero attached hydrogens (tertiary/aromatic N) is 1. The Bertz CT molecular complexity index is 586. The number of rotatable bonds is 3. The van der Waals surface area contributed by atoms with Crippen molar-refractivity contribution in [1.29, 1.82) is 0 Å². The van der Waals surface area contributed by atoms with E-state index in [1.165, 1.54) is 0 Å². The highest BCUT2D eigenvalue weighted by Gasteiger charge is 2.17. The van der Waals surface area contributed by atoms with Gasteiger partial charge in [0.1, 0.15) is 5.69 Å². The molecular weight excluding hydrogens is 240 g/mol. The fraction of sp³-hybridized carbons (Fsp3) is 0.333. The third kappa shape index (κ3) is 2.58. The van der Waals surface area contributed by atoms with Crippen LogP contribution in [0.15, 0.2) is 36.5 Å². The van der Waals surface area contributed by atoms with Crippen molar-refractivity contribution < 1.29 is 9.53 Å². The second kappa shape index (κ2) is 5.36. The SMILES string of the molecule is O=C(NC[C@H]1CCCO1)c1nccc2ccccc12. The van der Waals surface area contributed by atoms with E-state index in [1.807, 2.05) is 30.3 Å². The molecule has 1 aliphatic rings. The summed E-state index contributed by atoms with van der Waals surface area (Å²) < 4.78 is 5.49. The summed E-state index contributed by atoms with van der Waals surface area (Å²) in [6.07, 6.45) is 3.92. The standard InChI is InChI=1S/C15H16N2O2/c18-15(17-10-12-5-3-9-19-12)14-13-6-2-1-4-11(13)7-8-16-14/h1-2,4,6-8,12H,3,5,9-10H2,(H,17,18)/t12-/m1/s1. The maximum Gasteiger partial charge on any atom is 0.270 e. The summed E-state index contributed by atoms with van der Waals surface area (Å²) in [5.74, 6) is -0.132. The Balaban J connectivity index is 1.77. The van der Waals surface area contributed by atoms with Crippen LogP contribution < -0.4 is 5.32 Å². The van der Waals surface area contributed by atoms with Crippen LogP contribution >= 0.6 is 0 Å². The maximum absolute atomic E-state index is 12.2. The third-order valence-electron chi connectivity index (χ3n) is 3.40. The molecule has 1 aromatic carbocycles. The molecule has 0 radical (unpaired) electrons. The highest BCUT2D eigenvalue weighted by atomic mass is 16.5. The Kier molecular flexibility index (Phi) is 3.42. The molecule has 1 N–H and O–H groups in total. The van der Waals surface area contributed by atoms with E-state index in [4.69, 9.17) is 4.74 Å². The highest BCUT2D eigenvalue weighted by Crippen LogP contribution is 2.16. The summed E-state index contributed by atoms with van der Waals surface area (Å²) in [7, 11) is 0. The molecule has 19 heavy (non-hydrogen) atoms. The average molecular weight is 256 g/mol. The number of hydrogen-bond donors (Lipinski definition) is 1. The summed E-state index contributed by atoms with van der Waals surface area (Å²) in [6.45, 7) is 1.36. The largest absolute Gasteiger partial charge is 0.376 e. The van der Waals surface area contributed by atoms with Crippen LogP contribution in [0.5, 0.6) is 0 Å². The van der Waals surface area contributed by atoms with Gasteiger partial charge in [0.25, 0.3) is 5.91 Å². The highest BCUT2D eigenvalue weighted by molar-refractivity contribution is 6.05. The number of fused-ring (bicyclic) bond motifs is 1. The minimum Gasteiger partial charge on any atom is -0.376 e. The van der Waals surface area contributed by atoms with Gasteiger partial charge in [-0.2, -0.15) is 0 Å². The maximum atomic E-state index is 12.2. The number of benzene rings is 1. The third-order valence-corrected chi connectivity index (χ3v) is 3.40. The molecule has 0 unspecified atom stereocenters. The fourth-order valence-electron chi connectivity index (χ4n) is 2.40. The number of aromatic nitrogens is 1. The van der Waals surface area contributed by atoms with Gasteiger partial charge in [-0.15, -0.1) is 0 Å². The predicted octanol–water partition coefficient (Wildman–Crippen LogP) is 2.14. The molecule has 3 rings (SSSR count). The van der Waals surface area contributed by atoms with Crippen molar-refractivity contribution in [2.24, 2.45) is 0 Å². The summed E-state index contributed by atoms with van der Waals surface area (Å²) in [5, 5.41) is 4.82. The molecule has 1 saturated heterocycles. The second-order valence-electron chi connectivity index (χ2n) is 4.73. The van der Waals surface area contributed by atoms with Crippen LogP contribution in [0.25, 0.3) is 10.8 Å². The number of hydrogen-bond acceptors (Lipinski definition) is 3. The minimum atomic E-state index is -0.132. The van der Waals surface area contributed by atoms with Crippen LogP contribution in [0.1, 0.15) is 23.3 Å². The lowest BCUT2D eigenvalue weighted by molar-refractivity contribution is 0.0855. The van der Waals surface area contributed by atoms with Crippen LogP contribution in [-0.4, -0.2) is 30.1 Å². The zero-order valence-corrected chi connectivity index (χ0v) is 10.6. The molecule has 4 nitrogen and oxygen atoms in total. The van der Waals surface area contributed by atoms with Crippen molar-refractivity contribution in [3.63, 3.8) is 0 Å². The van der Waals surface area contributed by atoms with Crippen LogP contribution in [0.4, 0.5) is 0 Å². The molecule has 0 spiro atoms. The van der Waals surface area contributed by atoms with E-state index >= 15 is 0 Å². The Labute approximate surface area is 111 Å². The molecule has 2 aromatic rings. The first-order valence-electron chi connectivity index (χ1n) is 6.58. The van der Waals surface area contributed by atoms with Crippen LogP contribution in [0.3, 0.4) is 0 Å². The van der Waals surface area contributed by atoms with E-state index in [0.29, 0.717) is 12.2 Å². The summed E-state index contributed by atoms with van der Waals surface area (Å²) in [4.78, 5) is 16.4. The Morgan fingerprint density at radius 1 is 1.37 bits per heavy atom. The van der Waals surface area contributed by atoms with Gasteiger partial charge in [-0.1, -0.05) is 24.3 Å². The molecule has 1 aliphatic heterocycles. The quantitative estimate of drug-likeness (QED) is 0.915. The van der Waals surface area contributed by atoms with Crippen molar-refractivity contribution in [3.05, 3.63) is 42.2 Å². The van der Waals surface area contributed by atoms with Crippen molar-refractivity contribution in [2.75, 3.05) is 13.2 Å². The Hall–Kier alpha value is -1.94. The van der Waals surface area contributed by atoms with Gasteiger partial charge in [0.2, 0.25) is 0 Å².